The van der Waals surface area contributed by atoms with Crippen molar-refractivity contribution in [1.82, 2.24) is 10.1 Å². The first-order chi connectivity index (χ1) is 17.4. The van der Waals surface area contributed by atoms with Crippen LogP contribution in [-0.2, 0) is 11.3 Å². The summed E-state index contributed by atoms with van der Waals surface area (Å²) in [5.41, 5.74) is 1.82. The average Bonchev–Trinajstić information content (AvgIpc) is 3.30. The highest BCUT2D eigenvalue weighted by Crippen LogP contribution is 2.47. The number of carboxylic acid groups (broad SMARTS) is 1. The molecule has 3 heterocycles. The largest absolute Gasteiger partial charge is 0.478 e. The van der Waals surface area contributed by atoms with E-state index in [1.165, 1.54) is 6.07 Å². The molecule has 0 radical (unpaired) electrons. The summed E-state index contributed by atoms with van der Waals surface area (Å²) in [7, 11) is 0. The van der Waals surface area contributed by atoms with Gasteiger partial charge in [-0.3, -0.25) is 0 Å². The van der Waals surface area contributed by atoms with Crippen molar-refractivity contribution in [2.45, 2.75) is 44.3 Å². The van der Waals surface area contributed by atoms with Crippen molar-refractivity contribution < 1.29 is 23.6 Å². The molecule has 1 aliphatic heterocycles. The predicted octanol–water partition coefficient (Wildman–Crippen LogP) is 6.19. The molecule has 188 valence electrons. The Balaban J connectivity index is 1.13. The minimum Gasteiger partial charge on any atom is -0.478 e. The zero-order valence-electron chi connectivity index (χ0n) is 19.3. The van der Waals surface area contributed by atoms with Crippen LogP contribution in [0.25, 0.3) is 11.3 Å². The molecule has 3 aromatic rings. The van der Waals surface area contributed by atoms with Gasteiger partial charge in [-0.2, -0.15) is 0 Å². The molecule has 0 amide bonds. The Hall–Kier alpha value is -2.68. The van der Waals surface area contributed by atoms with Gasteiger partial charge in [-0.1, -0.05) is 34.4 Å². The third-order valence-electron chi connectivity index (χ3n) is 7.53. The Bertz CT molecular complexity index is 1290. The minimum atomic E-state index is -1.32. The van der Waals surface area contributed by atoms with Gasteiger partial charge in [0.1, 0.15) is 28.7 Å². The van der Waals surface area contributed by atoms with Crippen molar-refractivity contribution >= 4 is 35.0 Å². The molecule has 0 unspecified atom stereocenters. The minimum absolute atomic E-state index is 0.0951. The summed E-state index contributed by atoms with van der Waals surface area (Å²) in [4.78, 5) is 17.3. The summed E-state index contributed by atoms with van der Waals surface area (Å²) in [5, 5.41) is 14.4. The van der Waals surface area contributed by atoms with E-state index >= 15 is 0 Å². The fraction of sp³-hybridized carbons (Fsp3) is 0.423. The number of benzene rings is 1. The number of rotatable bonds is 7. The van der Waals surface area contributed by atoms with E-state index in [0.29, 0.717) is 51.5 Å². The van der Waals surface area contributed by atoms with Gasteiger partial charge < -0.3 is 19.3 Å². The SMILES string of the molecule is O=C(O)c1cnc(N2C[C@H]3C[C@H](OCc4c(-c5c(Cl)cccc5Cl)noc4C4CC4)C[C@H]3C2)cc1F. The number of pyridine rings is 1. The number of fused-ring (bicyclic) bond motifs is 1. The molecular formula is C26H24Cl2FN3O4. The number of hydrogen-bond acceptors (Lipinski definition) is 6. The van der Waals surface area contributed by atoms with Crippen molar-refractivity contribution in [3.8, 4) is 11.3 Å². The number of nitrogens with zero attached hydrogens (tertiary/aromatic N) is 3. The van der Waals surface area contributed by atoms with Gasteiger partial charge >= 0.3 is 5.97 Å². The zero-order valence-corrected chi connectivity index (χ0v) is 20.8. The van der Waals surface area contributed by atoms with Crippen molar-refractivity contribution in [2.75, 3.05) is 18.0 Å². The summed E-state index contributed by atoms with van der Waals surface area (Å²) in [6.07, 6.45) is 5.11. The number of aromatic carboxylic acids is 1. The standard InChI is InChI=1S/C26H24Cl2FN3O4/c27-19-2-1-3-20(28)23(19)24-18(25(36-31-24)13-4-5-13)12-35-16-6-14-10-32(11-15(14)7-16)22-8-21(29)17(9-30-22)26(33)34/h1-3,8-9,13-16H,4-7,10-12H2,(H,33,34)/t14-,15+,16+. The van der Waals surface area contributed by atoms with Gasteiger partial charge in [0.15, 0.2) is 0 Å². The van der Waals surface area contributed by atoms with Gasteiger partial charge in [-0.05, 0) is 49.7 Å². The first-order valence-electron chi connectivity index (χ1n) is 12.1. The average molecular weight is 532 g/mol. The van der Waals surface area contributed by atoms with E-state index in [1.54, 1.807) is 18.2 Å². The highest BCUT2D eigenvalue weighted by molar-refractivity contribution is 6.39. The van der Waals surface area contributed by atoms with Crippen LogP contribution in [-0.4, -0.2) is 40.4 Å². The van der Waals surface area contributed by atoms with Gasteiger partial charge in [-0.15, -0.1) is 0 Å². The molecule has 2 aliphatic carbocycles. The molecule has 3 atom stereocenters. The van der Waals surface area contributed by atoms with Crippen LogP contribution in [0.5, 0.6) is 0 Å². The van der Waals surface area contributed by atoms with Crippen LogP contribution in [0.4, 0.5) is 10.2 Å². The summed E-state index contributed by atoms with van der Waals surface area (Å²) in [6.45, 7) is 1.86. The lowest BCUT2D eigenvalue weighted by Crippen LogP contribution is -2.24. The van der Waals surface area contributed by atoms with Crippen LogP contribution in [0.3, 0.4) is 0 Å². The predicted molar refractivity (Wildman–Crippen MR) is 132 cm³/mol. The second-order valence-electron chi connectivity index (χ2n) is 9.90. The summed E-state index contributed by atoms with van der Waals surface area (Å²) in [6, 6.07) is 6.60. The van der Waals surface area contributed by atoms with Crippen LogP contribution in [0.15, 0.2) is 35.0 Å². The van der Waals surface area contributed by atoms with E-state index in [4.69, 9.17) is 37.6 Å². The number of halogens is 3. The van der Waals surface area contributed by atoms with Gasteiger partial charge in [-0.25, -0.2) is 14.2 Å². The number of anilines is 1. The topological polar surface area (TPSA) is 88.7 Å². The van der Waals surface area contributed by atoms with Crippen LogP contribution in [0, 0.1) is 17.7 Å². The second-order valence-corrected chi connectivity index (χ2v) is 10.7. The van der Waals surface area contributed by atoms with Crippen molar-refractivity contribution in [1.29, 1.82) is 0 Å². The fourth-order valence-electron chi connectivity index (χ4n) is 5.57. The number of hydrogen-bond donors (Lipinski definition) is 1. The smallest absolute Gasteiger partial charge is 0.340 e. The van der Waals surface area contributed by atoms with E-state index < -0.39 is 17.3 Å². The molecule has 36 heavy (non-hydrogen) atoms. The summed E-state index contributed by atoms with van der Waals surface area (Å²) < 4.78 is 26.3. The summed E-state index contributed by atoms with van der Waals surface area (Å²) in [5.74, 6) is 0.432. The second kappa shape index (κ2) is 9.32. The maximum absolute atomic E-state index is 14.1. The van der Waals surface area contributed by atoms with E-state index in [2.05, 4.69) is 10.1 Å². The molecule has 0 bridgehead atoms. The summed E-state index contributed by atoms with van der Waals surface area (Å²) >= 11 is 12.9. The monoisotopic (exact) mass is 531 g/mol. The van der Waals surface area contributed by atoms with Crippen molar-refractivity contribution in [3.05, 3.63) is 63.2 Å². The van der Waals surface area contributed by atoms with Gasteiger partial charge in [0, 0.05) is 42.4 Å². The molecule has 1 aromatic carbocycles. The Morgan fingerprint density at radius 1 is 1.19 bits per heavy atom. The van der Waals surface area contributed by atoms with Gasteiger partial charge in [0.25, 0.3) is 0 Å². The molecule has 1 N–H and O–H groups in total. The lowest BCUT2D eigenvalue weighted by molar-refractivity contribution is 0.0402. The zero-order chi connectivity index (χ0) is 25.0. The normalized spacial score (nSPS) is 23.3. The van der Waals surface area contributed by atoms with Crippen LogP contribution >= 0.6 is 23.2 Å². The molecule has 3 aliphatic rings. The highest BCUT2D eigenvalue weighted by Gasteiger charge is 2.42. The van der Waals surface area contributed by atoms with E-state index in [9.17, 15) is 9.18 Å². The third kappa shape index (κ3) is 4.35. The van der Waals surface area contributed by atoms with Gasteiger partial charge in [0.05, 0.1) is 22.8 Å². The third-order valence-corrected chi connectivity index (χ3v) is 8.16. The first-order valence-corrected chi connectivity index (χ1v) is 12.8. The molecule has 10 heteroatoms. The van der Waals surface area contributed by atoms with Crippen molar-refractivity contribution in [3.63, 3.8) is 0 Å². The maximum Gasteiger partial charge on any atom is 0.340 e. The lowest BCUT2D eigenvalue weighted by atomic mass is 10.0. The molecule has 7 nitrogen and oxygen atoms in total. The Labute approximate surface area is 217 Å². The quantitative estimate of drug-likeness (QED) is 0.388. The van der Waals surface area contributed by atoms with Crippen LogP contribution in [0.2, 0.25) is 10.0 Å². The molecule has 6 rings (SSSR count). The number of aromatic nitrogens is 2. The van der Waals surface area contributed by atoms with Crippen LogP contribution in [0.1, 0.15) is 53.3 Å². The number of ether oxygens (including phenoxy) is 1. The number of carbonyl (C=O) groups is 1. The Morgan fingerprint density at radius 3 is 2.50 bits per heavy atom. The molecule has 0 spiro atoms. The highest BCUT2D eigenvalue weighted by atomic mass is 35.5. The molecule has 3 fully saturated rings. The fourth-order valence-corrected chi connectivity index (χ4v) is 6.14. The van der Waals surface area contributed by atoms with E-state index in [0.717, 1.165) is 56.3 Å². The Kier molecular flexibility index (Phi) is 6.14. The molecular weight excluding hydrogens is 508 g/mol. The Morgan fingerprint density at radius 2 is 1.89 bits per heavy atom. The lowest BCUT2D eigenvalue weighted by Gasteiger charge is -2.21. The van der Waals surface area contributed by atoms with Crippen LogP contribution < -0.4 is 4.90 Å². The van der Waals surface area contributed by atoms with Gasteiger partial charge in [0.2, 0.25) is 0 Å². The van der Waals surface area contributed by atoms with Crippen molar-refractivity contribution in [2.24, 2.45) is 11.8 Å². The molecule has 2 aromatic heterocycles. The first kappa shape index (κ1) is 23.7. The van der Waals surface area contributed by atoms with E-state index in [1.807, 2.05) is 4.90 Å². The molecule has 2 saturated carbocycles. The van der Waals surface area contributed by atoms with E-state index in [-0.39, 0.29) is 6.10 Å². The molecule has 1 saturated heterocycles. The maximum atomic E-state index is 14.1. The number of carboxylic acids is 1.